The molecule has 0 unspecified atom stereocenters. The second-order valence-electron chi connectivity index (χ2n) is 6.15. The molecule has 2 aromatic rings. The number of aromatic hydroxyl groups is 2. The van der Waals surface area contributed by atoms with E-state index in [1.54, 1.807) is 6.33 Å². The first-order valence-electron chi connectivity index (χ1n) is 8.46. The summed E-state index contributed by atoms with van der Waals surface area (Å²) in [6, 6.07) is 6.29. The second kappa shape index (κ2) is 7.38. The van der Waals surface area contributed by atoms with Crippen LogP contribution in [0.5, 0.6) is 11.5 Å². The Hall–Kier alpha value is -2.83. The third-order valence-corrected chi connectivity index (χ3v) is 4.41. The Morgan fingerprint density at radius 3 is 3.00 bits per heavy atom. The summed E-state index contributed by atoms with van der Waals surface area (Å²) in [6.07, 6.45) is 4.21. The fraction of sp³-hybridized carbons (Fsp3) is 0.389. The maximum atomic E-state index is 12.4. The third kappa shape index (κ3) is 3.81. The van der Waals surface area contributed by atoms with Gasteiger partial charge in [0.15, 0.2) is 11.5 Å². The molecule has 1 aliphatic rings. The number of carbonyl (C=O) groups is 1. The summed E-state index contributed by atoms with van der Waals surface area (Å²) in [5.41, 5.74) is 1.06. The molecule has 1 amide bonds. The van der Waals surface area contributed by atoms with Gasteiger partial charge in [-0.2, -0.15) is 0 Å². The molecule has 1 saturated heterocycles. The van der Waals surface area contributed by atoms with Crippen molar-refractivity contribution in [3.63, 3.8) is 0 Å². The number of nitrogens with one attached hydrogen (secondary N) is 1. The van der Waals surface area contributed by atoms with Crippen LogP contribution < -0.4 is 10.2 Å². The lowest BCUT2D eigenvalue weighted by Gasteiger charge is -2.34. The summed E-state index contributed by atoms with van der Waals surface area (Å²) >= 11 is 0. The second-order valence-corrected chi connectivity index (χ2v) is 6.15. The lowest BCUT2D eigenvalue weighted by Crippen LogP contribution is -2.48. The number of phenols is 2. The monoisotopic (exact) mass is 342 g/mol. The van der Waals surface area contributed by atoms with Gasteiger partial charge in [-0.1, -0.05) is 13.0 Å². The highest BCUT2D eigenvalue weighted by molar-refractivity contribution is 5.97. The van der Waals surface area contributed by atoms with E-state index in [4.69, 9.17) is 0 Å². The van der Waals surface area contributed by atoms with Gasteiger partial charge in [0.25, 0.3) is 5.91 Å². The van der Waals surface area contributed by atoms with Crippen molar-refractivity contribution in [2.75, 3.05) is 18.0 Å². The molecule has 3 rings (SSSR count). The van der Waals surface area contributed by atoms with Crippen molar-refractivity contribution in [3.8, 4) is 11.5 Å². The standard InChI is InChI=1S/C18H22N4O3/c1-2-12-9-16(20-11-19-12)22-8-4-5-13(10-22)21-18(25)14-6-3-7-15(23)17(14)24/h3,6-7,9,11,13,23-24H,2,4-5,8,10H2,1H3,(H,21,25)/t13-/m1/s1. The van der Waals surface area contributed by atoms with Crippen molar-refractivity contribution in [1.29, 1.82) is 0 Å². The molecular weight excluding hydrogens is 320 g/mol. The highest BCUT2D eigenvalue weighted by Gasteiger charge is 2.24. The van der Waals surface area contributed by atoms with Gasteiger partial charge in [-0.15, -0.1) is 0 Å². The first kappa shape index (κ1) is 17.0. The number of anilines is 1. The molecule has 0 spiro atoms. The number of carbonyl (C=O) groups excluding carboxylic acids is 1. The smallest absolute Gasteiger partial charge is 0.255 e. The Labute approximate surface area is 146 Å². The van der Waals surface area contributed by atoms with Crippen LogP contribution in [-0.2, 0) is 6.42 Å². The van der Waals surface area contributed by atoms with Crippen LogP contribution in [0.2, 0.25) is 0 Å². The summed E-state index contributed by atoms with van der Waals surface area (Å²) in [5.74, 6) is -0.217. The first-order valence-corrected chi connectivity index (χ1v) is 8.46. The van der Waals surface area contributed by atoms with E-state index in [1.165, 1.54) is 18.2 Å². The number of rotatable bonds is 4. The van der Waals surface area contributed by atoms with E-state index in [0.29, 0.717) is 6.54 Å². The number of nitrogens with zero attached hydrogens (tertiary/aromatic N) is 3. The average molecular weight is 342 g/mol. The topological polar surface area (TPSA) is 98.6 Å². The zero-order chi connectivity index (χ0) is 17.8. The number of hydrogen-bond acceptors (Lipinski definition) is 6. The Balaban J connectivity index is 1.69. The van der Waals surface area contributed by atoms with Crippen molar-refractivity contribution < 1.29 is 15.0 Å². The lowest BCUT2D eigenvalue weighted by atomic mass is 10.0. The van der Waals surface area contributed by atoms with Gasteiger partial charge in [0.2, 0.25) is 0 Å². The van der Waals surface area contributed by atoms with E-state index >= 15 is 0 Å². The Bertz CT molecular complexity index is 766. The molecule has 1 fully saturated rings. The van der Waals surface area contributed by atoms with Crippen LogP contribution in [-0.4, -0.2) is 45.2 Å². The highest BCUT2D eigenvalue weighted by atomic mass is 16.3. The number of aryl methyl sites for hydroxylation is 1. The number of phenolic OH excluding ortho intramolecular Hbond substituents is 2. The summed E-state index contributed by atoms with van der Waals surface area (Å²) in [7, 11) is 0. The van der Waals surface area contributed by atoms with Crippen molar-refractivity contribution in [2.45, 2.75) is 32.2 Å². The van der Waals surface area contributed by atoms with Gasteiger partial charge in [0.05, 0.1) is 5.56 Å². The van der Waals surface area contributed by atoms with E-state index in [0.717, 1.165) is 37.3 Å². The zero-order valence-electron chi connectivity index (χ0n) is 14.1. The minimum absolute atomic E-state index is 0.0527. The number of benzene rings is 1. The predicted octanol–water partition coefficient (Wildman–Crippen LogP) is 1.85. The van der Waals surface area contributed by atoms with E-state index < -0.39 is 11.7 Å². The molecular formula is C18H22N4O3. The first-order chi connectivity index (χ1) is 12.1. The summed E-state index contributed by atoms with van der Waals surface area (Å²) in [6.45, 7) is 3.57. The number of amides is 1. The SMILES string of the molecule is CCc1cc(N2CCC[C@@H](NC(=O)c3cccc(O)c3O)C2)ncn1. The third-order valence-electron chi connectivity index (χ3n) is 4.41. The fourth-order valence-electron chi connectivity index (χ4n) is 3.03. The summed E-state index contributed by atoms with van der Waals surface area (Å²) < 4.78 is 0. The molecule has 0 bridgehead atoms. The molecule has 1 aromatic carbocycles. The molecule has 1 aromatic heterocycles. The average Bonchev–Trinajstić information content (AvgIpc) is 2.64. The van der Waals surface area contributed by atoms with Gasteiger partial charge < -0.3 is 20.4 Å². The molecule has 25 heavy (non-hydrogen) atoms. The normalized spacial score (nSPS) is 17.3. The van der Waals surface area contributed by atoms with Crippen LogP contribution >= 0.6 is 0 Å². The molecule has 3 N–H and O–H groups in total. The Kier molecular flexibility index (Phi) is 5.02. The molecule has 0 saturated carbocycles. The van der Waals surface area contributed by atoms with Crippen molar-refractivity contribution >= 4 is 11.7 Å². The molecule has 2 heterocycles. The molecule has 1 atom stereocenters. The number of para-hydroxylation sites is 1. The fourth-order valence-corrected chi connectivity index (χ4v) is 3.03. The molecule has 0 radical (unpaired) electrons. The maximum Gasteiger partial charge on any atom is 0.255 e. The number of piperidine rings is 1. The van der Waals surface area contributed by atoms with E-state index in [2.05, 4.69) is 20.2 Å². The van der Waals surface area contributed by atoms with E-state index in [1.807, 2.05) is 13.0 Å². The largest absolute Gasteiger partial charge is 0.504 e. The number of aromatic nitrogens is 2. The Morgan fingerprint density at radius 1 is 1.36 bits per heavy atom. The molecule has 7 heteroatoms. The lowest BCUT2D eigenvalue weighted by molar-refractivity contribution is 0.0929. The van der Waals surface area contributed by atoms with E-state index in [9.17, 15) is 15.0 Å². The van der Waals surface area contributed by atoms with Crippen LogP contribution in [0.3, 0.4) is 0 Å². The van der Waals surface area contributed by atoms with Gasteiger partial charge in [-0.05, 0) is 31.4 Å². The van der Waals surface area contributed by atoms with Gasteiger partial charge in [0, 0.05) is 30.9 Å². The minimum atomic E-state index is -0.393. The predicted molar refractivity (Wildman–Crippen MR) is 93.9 cm³/mol. The summed E-state index contributed by atoms with van der Waals surface area (Å²) in [4.78, 5) is 23.1. The molecule has 1 aliphatic heterocycles. The minimum Gasteiger partial charge on any atom is -0.504 e. The molecule has 0 aliphatic carbocycles. The van der Waals surface area contributed by atoms with Crippen molar-refractivity contribution in [3.05, 3.63) is 41.9 Å². The molecule has 132 valence electrons. The van der Waals surface area contributed by atoms with Crippen LogP contribution in [0.25, 0.3) is 0 Å². The number of hydrogen-bond donors (Lipinski definition) is 3. The summed E-state index contributed by atoms with van der Waals surface area (Å²) in [5, 5.41) is 22.3. The maximum absolute atomic E-state index is 12.4. The van der Waals surface area contributed by atoms with Gasteiger partial charge in [-0.3, -0.25) is 4.79 Å². The van der Waals surface area contributed by atoms with Gasteiger partial charge in [0.1, 0.15) is 12.1 Å². The van der Waals surface area contributed by atoms with Crippen LogP contribution in [0.15, 0.2) is 30.6 Å². The quantitative estimate of drug-likeness (QED) is 0.734. The van der Waals surface area contributed by atoms with E-state index in [-0.39, 0.29) is 17.4 Å². The van der Waals surface area contributed by atoms with Crippen molar-refractivity contribution in [1.82, 2.24) is 15.3 Å². The zero-order valence-corrected chi connectivity index (χ0v) is 14.1. The highest BCUT2D eigenvalue weighted by Crippen LogP contribution is 2.28. The molecule has 7 nitrogen and oxygen atoms in total. The van der Waals surface area contributed by atoms with Gasteiger partial charge >= 0.3 is 0 Å². The van der Waals surface area contributed by atoms with Gasteiger partial charge in [-0.25, -0.2) is 9.97 Å². The van der Waals surface area contributed by atoms with Crippen LogP contribution in [0.1, 0.15) is 35.8 Å². The van der Waals surface area contributed by atoms with Crippen LogP contribution in [0.4, 0.5) is 5.82 Å². The Morgan fingerprint density at radius 2 is 2.20 bits per heavy atom. The van der Waals surface area contributed by atoms with Crippen LogP contribution in [0, 0.1) is 0 Å². The van der Waals surface area contributed by atoms with Crippen molar-refractivity contribution in [2.24, 2.45) is 0 Å².